The van der Waals surface area contributed by atoms with Crippen LogP contribution in [-0.4, -0.2) is 5.97 Å². The lowest BCUT2D eigenvalue weighted by molar-refractivity contribution is -0.135. The number of benzene rings is 2. The molecule has 4 heteroatoms. The summed E-state index contributed by atoms with van der Waals surface area (Å²) < 4.78 is 10.9. The van der Waals surface area contributed by atoms with Crippen LogP contribution in [0.1, 0.15) is 12.8 Å². The zero-order chi connectivity index (χ0) is 15.8. The first-order valence-electron chi connectivity index (χ1n) is 7.55. The molecule has 0 aliphatic heterocycles. The van der Waals surface area contributed by atoms with Crippen molar-refractivity contribution in [1.82, 2.24) is 0 Å². The molecule has 2 aromatic carbocycles. The lowest BCUT2D eigenvalue weighted by Crippen LogP contribution is -2.10. The number of hydrogen-bond acceptors (Lipinski definition) is 4. The van der Waals surface area contributed by atoms with Gasteiger partial charge in [0.2, 0.25) is 0 Å². The van der Waals surface area contributed by atoms with E-state index in [0.29, 0.717) is 22.3 Å². The predicted molar refractivity (Wildman–Crippen MR) is 86.3 cm³/mol. The van der Waals surface area contributed by atoms with E-state index < -0.39 is 0 Å². The number of esters is 1. The van der Waals surface area contributed by atoms with E-state index in [1.165, 1.54) is 6.26 Å². The van der Waals surface area contributed by atoms with Gasteiger partial charge in [-0.3, -0.25) is 9.59 Å². The molecule has 0 saturated heterocycles. The minimum atomic E-state index is -0.215. The van der Waals surface area contributed by atoms with Crippen molar-refractivity contribution in [1.29, 1.82) is 0 Å². The largest absolute Gasteiger partial charge is 0.463 e. The second-order valence-electron chi connectivity index (χ2n) is 5.70. The van der Waals surface area contributed by atoms with Gasteiger partial charge in [-0.15, -0.1) is 0 Å². The molecule has 1 aliphatic carbocycles. The lowest BCUT2D eigenvalue weighted by Gasteiger charge is -2.06. The van der Waals surface area contributed by atoms with Gasteiger partial charge in [0.05, 0.1) is 16.9 Å². The second-order valence-corrected chi connectivity index (χ2v) is 5.70. The molecule has 0 spiro atoms. The van der Waals surface area contributed by atoms with E-state index in [1.54, 1.807) is 18.2 Å². The first kappa shape index (κ1) is 13.8. The van der Waals surface area contributed by atoms with Crippen LogP contribution < -0.4 is 10.2 Å². The van der Waals surface area contributed by atoms with Crippen LogP contribution in [-0.2, 0) is 4.79 Å². The zero-order valence-electron chi connectivity index (χ0n) is 12.3. The molecule has 1 saturated carbocycles. The molecule has 0 unspecified atom stereocenters. The summed E-state index contributed by atoms with van der Waals surface area (Å²) in [4.78, 5) is 24.3. The Kier molecular flexibility index (Phi) is 3.23. The fourth-order valence-electron chi connectivity index (χ4n) is 2.51. The maximum atomic E-state index is 12.6. The van der Waals surface area contributed by atoms with Gasteiger partial charge in [-0.1, -0.05) is 30.3 Å². The third-order valence-electron chi connectivity index (χ3n) is 3.96. The van der Waals surface area contributed by atoms with E-state index in [-0.39, 0.29) is 17.3 Å². The number of fused-ring (bicyclic) bond motifs is 1. The molecule has 1 heterocycles. The minimum Gasteiger partial charge on any atom is -0.463 e. The molecule has 23 heavy (non-hydrogen) atoms. The summed E-state index contributed by atoms with van der Waals surface area (Å²) >= 11 is 0. The third kappa shape index (κ3) is 2.63. The molecule has 0 N–H and O–H groups in total. The van der Waals surface area contributed by atoms with Crippen molar-refractivity contribution in [2.45, 2.75) is 12.8 Å². The van der Waals surface area contributed by atoms with Crippen molar-refractivity contribution in [3.63, 3.8) is 0 Å². The Morgan fingerprint density at radius 3 is 2.61 bits per heavy atom. The summed E-state index contributed by atoms with van der Waals surface area (Å²) in [6, 6.07) is 14.2. The minimum absolute atomic E-state index is 0.0261. The highest BCUT2D eigenvalue weighted by Crippen LogP contribution is 2.31. The van der Waals surface area contributed by atoms with Crippen LogP contribution in [0, 0.1) is 5.92 Å². The molecule has 0 atom stereocenters. The quantitative estimate of drug-likeness (QED) is 0.546. The standard InChI is InChI=1S/C19H14O4/c20-18-15-9-8-14(23-19(21)13-6-7-13)10-17(15)22-11-16(18)12-4-2-1-3-5-12/h1-5,8-11,13H,6-7H2. The molecule has 114 valence electrons. The highest BCUT2D eigenvalue weighted by molar-refractivity contribution is 5.84. The fraction of sp³-hybridized carbons (Fsp3) is 0.158. The molecule has 1 aromatic heterocycles. The maximum absolute atomic E-state index is 12.6. The maximum Gasteiger partial charge on any atom is 0.314 e. The average Bonchev–Trinajstić information content (AvgIpc) is 3.41. The van der Waals surface area contributed by atoms with Gasteiger partial charge in [-0.05, 0) is 30.5 Å². The monoisotopic (exact) mass is 306 g/mol. The Balaban J connectivity index is 1.73. The van der Waals surface area contributed by atoms with Crippen molar-refractivity contribution < 1.29 is 13.9 Å². The number of hydrogen-bond donors (Lipinski definition) is 0. The van der Waals surface area contributed by atoms with Crippen LogP contribution in [0.2, 0.25) is 0 Å². The predicted octanol–water partition coefficient (Wildman–Crippen LogP) is 3.78. The Morgan fingerprint density at radius 1 is 1.09 bits per heavy atom. The SMILES string of the molecule is O=C(Oc1ccc2c(=O)c(-c3ccccc3)coc2c1)C1CC1. The van der Waals surface area contributed by atoms with E-state index in [9.17, 15) is 9.59 Å². The van der Waals surface area contributed by atoms with Crippen LogP contribution in [0.4, 0.5) is 0 Å². The summed E-state index contributed by atoms with van der Waals surface area (Å²) in [6.45, 7) is 0. The van der Waals surface area contributed by atoms with Crippen LogP contribution >= 0.6 is 0 Å². The Labute approximate surface area is 132 Å². The number of carbonyl (C=O) groups is 1. The molecule has 0 bridgehead atoms. The Morgan fingerprint density at radius 2 is 1.87 bits per heavy atom. The van der Waals surface area contributed by atoms with Crippen molar-refractivity contribution >= 4 is 16.9 Å². The second kappa shape index (κ2) is 5.39. The number of carbonyl (C=O) groups excluding carboxylic acids is 1. The highest BCUT2D eigenvalue weighted by Gasteiger charge is 2.31. The van der Waals surface area contributed by atoms with Gasteiger partial charge >= 0.3 is 5.97 Å². The summed E-state index contributed by atoms with van der Waals surface area (Å²) in [6.07, 6.45) is 3.23. The molecule has 1 aliphatic rings. The van der Waals surface area contributed by atoms with E-state index in [1.807, 2.05) is 30.3 Å². The number of rotatable bonds is 3. The summed E-state index contributed by atoms with van der Waals surface area (Å²) in [5, 5.41) is 0.470. The van der Waals surface area contributed by atoms with Gasteiger partial charge in [0, 0.05) is 6.07 Å². The highest BCUT2D eigenvalue weighted by atomic mass is 16.5. The van der Waals surface area contributed by atoms with Crippen LogP contribution in [0.25, 0.3) is 22.1 Å². The van der Waals surface area contributed by atoms with Crippen LogP contribution in [0.5, 0.6) is 5.75 Å². The van der Waals surface area contributed by atoms with Crippen LogP contribution in [0.3, 0.4) is 0 Å². The van der Waals surface area contributed by atoms with E-state index in [4.69, 9.17) is 9.15 Å². The van der Waals surface area contributed by atoms with Gasteiger partial charge in [0.1, 0.15) is 17.6 Å². The zero-order valence-corrected chi connectivity index (χ0v) is 12.3. The Hall–Kier alpha value is -2.88. The average molecular weight is 306 g/mol. The lowest BCUT2D eigenvalue weighted by atomic mass is 10.1. The summed E-state index contributed by atoms with van der Waals surface area (Å²) in [5.74, 6) is 0.218. The van der Waals surface area contributed by atoms with Crippen LogP contribution in [0.15, 0.2) is 64.0 Å². The van der Waals surface area contributed by atoms with Gasteiger partial charge in [-0.25, -0.2) is 0 Å². The van der Waals surface area contributed by atoms with E-state index in [0.717, 1.165) is 18.4 Å². The molecule has 4 nitrogen and oxygen atoms in total. The molecule has 0 radical (unpaired) electrons. The van der Waals surface area contributed by atoms with Gasteiger partial charge in [-0.2, -0.15) is 0 Å². The topological polar surface area (TPSA) is 56.5 Å². The molecule has 1 fully saturated rings. The van der Waals surface area contributed by atoms with Gasteiger partial charge < -0.3 is 9.15 Å². The first-order valence-corrected chi connectivity index (χ1v) is 7.55. The summed E-state index contributed by atoms with van der Waals surface area (Å²) in [7, 11) is 0. The Bertz CT molecular complexity index is 936. The van der Waals surface area contributed by atoms with Crippen molar-refractivity contribution in [2.24, 2.45) is 5.92 Å². The third-order valence-corrected chi connectivity index (χ3v) is 3.96. The van der Waals surface area contributed by atoms with Crippen molar-refractivity contribution in [3.05, 3.63) is 65.0 Å². The van der Waals surface area contributed by atoms with E-state index in [2.05, 4.69) is 0 Å². The first-order chi connectivity index (χ1) is 11.2. The van der Waals surface area contributed by atoms with E-state index >= 15 is 0 Å². The normalized spacial score (nSPS) is 13.9. The molecule has 0 amide bonds. The summed E-state index contributed by atoms with van der Waals surface area (Å²) in [5.41, 5.74) is 1.64. The van der Waals surface area contributed by atoms with Crippen molar-refractivity contribution in [3.8, 4) is 16.9 Å². The van der Waals surface area contributed by atoms with Gasteiger partial charge in [0.15, 0.2) is 5.43 Å². The molecule has 4 rings (SSSR count). The van der Waals surface area contributed by atoms with Gasteiger partial charge in [0.25, 0.3) is 0 Å². The molecular weight excluding hydrogens is 292 g/mol. The number of ether oxygens (including phenoxy) is 1. The molecule has 3 aromatic rings. The fourth-order valence-corrected chi connectivity index (χ4v) is 2.51. The smallest absolute Gasteiger partial charge is 0.314 e. The van der Waals surface area contributed by atoms with Crippen molar-refractivity contribution in [2.75, 3.05) is 0 Å². The molecular formula is C19H14O4.